The minimum Gasteiger partial charge on any atom is -0.496 e. The standard InChI is InChI=1S/C12H19NO2/c1-8-6-10(12(14)13(3)4)11(15-5)7-9(8)2/h6-7,12,14H,1-5H3. The Morgan fingerprint density at radius 2 is 1.73 bits per heavy atom. The van der Waals surface area contributed by atoms with E-state index in [0.29, 0.717) is 0 Å². The van der Waals surface area contributed by atoms with E-state index in [4.69, 9.17) is 4.74 Å². The third kappa shape index (κ3) is 2.49. The van der Waals surface area contributed by atoms with Gasteiger partial charge < -0.3 is 9.84 Å². The summed E-state index contributed by atoms with van der Waals surface area (Å²) in [5.74, 6) is 0.735. The van der Waals surface area contributed by atoms with Gasteiger partial charge in [0.15, 0.2) is 0 Å². The Hall–Kier alpha value is -1.06. The first-order chi connectivity index (χ1) is 6.97. The maximum atomic E-state index is 9.97. The molecular weight excluding hydrogens is 190 g/mol. The third-order valence-electron chi connectivity index (χ3n) is 2.61. The topological polar surface area (TPSA) is 32.7 Å². The monoisotopic (exact) mass is 209 g/mol. The molecule has 1 rings (SSSR count). The lowest BCUT2D eigenvalue weighted by atomic mass is 10.0. The van der Waals surface area contributed by atoms with Gasteiger partial charge in [0.05, 0.1) is 7.11 Å². The molecule has 0 aromatic heterocycles. The van der Waals surface area contributed by atoms with Crippen LogP contribution in [0.1, 0.15) is 22.9 Å². The summed E-state index contributed by atoms with van der Waals surface area (Å²) in [6, 6.07) is 3.93. The van der Waals surface area contributed by atoms with Crippen molar-refractivity contribution >= 4 is 0 Å². The van der Waals surface area contributed by atoms with E-state index in [-0.39, 0.29) is 0 Å². The van der Waals surface area contributed by atoms with Gasteiger partial charge >= 0.3 is 0 Å². The highest BCUT2D eigenvalue weighted by Crippen LogP contribution is 2.29. The molecule has 1 atom stereocenters. The molecule has 3 heteroatoms. The summed E-state index contributed by atoms with van der Waals surface area (Å²) in [6.07, 6.45) is -0.626. The number of benzene rings is 1. The molecule has 0 amide bonds. The molecule has 15 heavy (non-hydrogen) atoms. The Balaban J connectivity index is 3.21. The zero-order valence-electron chi connectivity index (χ0n) is 10.0. The highest BCUT2D eigenvalue weighted by atomic mass is 16.5. The van der Waals surface area contributed by atoms with Gasteiger partial charge in [-0.2, -0.15) is 0 Å². The van der Waals surface area contributed by atoms with Crippen LogP contribution in [0.2, 0.25) is 0 Å². The zero-order chi connectivity index (χ0) is 11.6. The van der Waals surface area contributed by atoms with Gasteiger partial charge in [0, 0.05) is 5.56 Å². The number of hydrogen-bond acceptors (Lipinski definition) is 3. The van der Waals surface area contributed by atoms with E-state index in [2.05, 4.69) is 0 Å². The van der Waals surface area contributed by atoms with Crippen LogP contribution in [-0.4, -0.2) is 31.2 Å². The Morgan fingerprint density at radius 3 is 2.20 bits per heavy atom. The minimum atomic E-state index is -0.626. The molecule has 1 aromatic rings. The third-order valence-corrected chi connectivity index (χ3v) is 2.61. The van der Waals surface area contributed by atoms with Crippen LogP contribution in [0.5, 0.6) is 5.75 Å². The number of hydrogen-bond donors (Lipinski definition) is 1. The maximum absolute atomic E-state index is 9.97. The Morgan fingerprint density at radius 1 is 1.20 bits per heavy atom. The SMILES string of the molecule is COc1cc(C)c(C)cc1C(O)N(C)C. The highest BCUT2D eigenvalue weighted by molar-refractivity contribution is 5.42. The first-order valence-corrected chi connectivity index (χ1v) is 4.97. The summed E-state index contributed by atoms with van der Waals surface area (Å²) in [5, 5.41) is 9.97. The highest BCUT2D eigenvalue weighted by Gasteiger charge is 2.16. The first kappa shape index (κ1) is 12.0. The van der Waals surface area contributed by atoms with E-state index in [0.717, 1.165) is 16.9 Å². The first-order valence-electron chi connectivity index (χ1n) is 4.97. The van der Waals surface area contributed by atoms with Crippen molar-refractivity contribution in [3.63, 3.8) is 0 Å². The molecule has 0 radical (unpaired) electrons. The van der Waals surface area contributed by atoms with Crippen LogP contribution >= 0.6 is 0 Å². The zero-order valence-corrected chi connectivity index (χ0v) is 10.0. The van der Waals surface area contributed by atoms with Gasteiger partial charge in [0.2, 0.25) is 0 Å². The molecule has 1 aromatic carbocycles. The predicted molar refractivity (Wildman–Crippen MR) is 61.1 cm³/mol. The van der Waals surface area contributed by atoms with Gasteiger partial charge in [-0.05, 0) is 51.2 Å². The lowest BCUT2D eigenvalue weighted by Gasteiger charge is -2.22. The largest absolute Gasteiger partial charge is 0.496 e. The Labute approximate surface area is 91.3 Å². The lowest BCUT2D eigenvalue weighted by Crippen LogP contribution is -2.20. The van der Waals surface area contributed by atoms with Crippen molar-refractivity contribution in [2.45, 2.75) is 20.1 Å². The average Bonchev–Trinajstić information content (AvgIpc) is 2.20. The van der Waals surface area contributed by atoms with Crippen LogP contribution in [0.3, 0.4) is 0 Å². The van der Waals surface area contributed by atoms with Crippen molar-refractivity contribution in [3.05, 3.63) is 28.8 Å². The molecular formula is C12H19NO2. The minimum absolute atomic E-state index is 0.626. The van der Waals surface area contributed by atoms with E-state index in [1.54, 1.807) is 12.0 Å². The van der Waals surface area contributed by atoms with Crippen LogP contribution in [0.25, 0.3) is 0 Å². The summed E-state index contributed by atoms with van der Waals surface area (Å²) < 4.78 is 5.27. The van der Waals surface area contributed by atoms with E-state index in [9.17, 15) is 5.11 Å². The van der Waals surface area contributed by atoms with Crippen molar-refractivity contribution in [1.29, 1.82) is 0 Å². The molecule has 1 N–H and O–H groups in total. The van der Waals surface area contributed by atoms with E-state index >= 15 is 0 Å². The number of aliphatic hydroxyl groups is 1. The van der Waals surface area contributed by atoms with Crippen LogP contribution < -0.4 is 4.74 Å². The molecule has 0 heterocycles. The van der Waals surface area contributed by atoms with Gasteiger partial charge in [-0.15, -0.1) is 0 Å². The van der Waals surface area contributed by atoms with Gasteiger partial charge in [0.25, 0.3) is 0 Å². The number of nitrogens with zero attached hydrogens (tertiary/aromatic N) is 1. The molecule has 84 valence electrons. The lowest BCUT2D eigenvalue weighted by molar-refractivity contribution is 0.0374. The maximum Gasteiger partial charge on any atom is 0.136 e. The van der Waals surface area contributed by atoms with Crippen molar-refractivity contribution in [1.82, 2.24) is 4.90 Å². The van der Waals surface area contributed by atoms with Crippen LogP contribution in [0.4, 0.5) is 0 Å². The summed E-state index contributed by atoms with van der Waals surface area (Å²) in [5.41, 5.74) is 3.14. The van der Waals surface area contributed by atoms with Crippen LogP contribution in [-0.2, 0) is 0 Å². The average molecular weight is 209 g/mol. The molecule has 1 unspecified atom stereocenters. The van der Waals surface area contributed by atoms with E-state index in [1.165, 1.54) is 5.56 Å². The number of rotatable bonds is 3. The summed E-state index contributed by atoms with van der Waals surface area (Å²) in [7, 11) is 5.29. The normalized spacial score (nSPS) is 13.0. The molecule has 0 aliphatic rings. The molecule has 0 saturated heterocycles. The van der Waals surface area contributed by atoms with Crippen molar-refractivity contribution in [2.24, 2.45) is 0 Å². The van der Waals surface area contributed by atoms with Gasteiger partial charge in [0.1, 0.15) is 12.0 Å². The van der Waals surface area contributed by atoms with Crippen LogP contribution in [0.15, 0.2) is 12.1 Å². The molecule has 0 aliphatic carbocycles. The smallest absolute Gasteiger partial charge is 0.136 e. The number of aliphatic hydroxyl groups excluding tert-OH is 1. The Bertz CT molecular complexity index is 348. The number of ether oxygens (including phenoxy) is 1. The number of aryl methyl sites for hydroxylation is 2. The fourth-order valence-corrected chi connectivity index (χ4v) is 1.47. The number of methoxy groups -OCH3 is 1. The quantitative estimate of drug-likeness (QED) is 0.771. The second-order valence-electron chi connectivity index (χ2n) is 4.02. The summed E-state index contributed by atoms with van der Waals surface area (Å²) >= 11 is 0. The van der Waals surface area contributed by atoms with Crippen LogP contribution in [0, 0.1) is 13.8 Å². The molecule has 3 nitrogen and oxygen atoms in total. The fraction of sp³-hybridized carbons (Fsp3) is 0.500. The van der Waals surface area contributed by atoms with Gasteiger partial charge in [-0.3, -0.25) is 4.90 Å². The molecule has 0 spiro atoms. The van der Waals surface area contributed by atoms with Crippen molar-refractivity contribution < 1.29 is 9.84 Å². The second-order valence-corrected chi connectivity index (χ2v) is 4.02. The van der Waals surface area contributed by atoms with E-state index in [1.807, 2.05) is 40.1 Å². The van der Waals surface area contributed by atoms with Gasteiger partial charge in [-0.25, -0.2) is 0 Å². The molecule has 0 saturated carbocycles. The molecule has 0 bridgehead atoms. The second kappa shape index (κ2) is 4.64. The predicted octanol–water partition coefficient (Wildman–Crippen LogP) is 1.86. The van der Waals surface area contributed by atoms with Crippen molar-refractivity contribution in [3.8, 4) is 5.75 Å². The Kier molecular flexibility index (Phi) is 3.72. The summed E-state index contributed by atoms with van der Waals surface area (Å²) in [6.45, 7) is 4.06. The van der Waals surface area contributed by atoms with Crippen molar-refractivity contribution in [2.75, 3.05) is 21.2 Å². The molecule has 0 fully saturated rings. The summed E-state index contributed by atoms with van der Waals surface area (Å²) in [4.78, 5) is 1.74. The fourth-order valence-electron chi connectivity index (χ4n) is 1.47. The van der Waals surface area contributed by atoms with E-state index < -0.39 is 6.23 Å². The van der Waals surface area contributed by atoms with Gasteiger partial charge in [-0.1, -0.05) is 0 Å². The molecule has 0 aliphatic heterocycles.